The first kappa shape index (κ1) is 14.7. The standard InChI is InChI=1S/C13H17ClN2/c1-6-9(4)10(5)12(13(14)16)11(7-15)8(2)3/h6,16H,1-5H3/b9-6-,12-10-,16-13?. The van der Waals surface area contributed by atoms with Crippen LogP contribution in [0.4, 0.5) is 0 Å². The molecule has 0 unspecified atom stereocenters. The Morgan fingerprint density at radius 1 is 1.25 bits per heavy atom. The van der Waals surface area contributed by atoms with Crippen molar-refractivity contribution in [3.63, 3.8) is 0 Å². The lowest BCUT2D eigenvalue weighted by Gasteiger charge is -2.11. The van der Waals surface area contributed by atoms with Crippen molar-refractivity contribution in [2.75, 3.05) is 0 Å². The van der Waals surface area contributed by atoms with Gasteiger partial charge in [0.05, 0.1) is 11.6 Å². The van der Waals surface area contributed by atoms with Gasteiger partial charge in [-0.2, -0.15) is 5.26 Å². The maximum Gasteiger partial charge on any atom is 0.129 e. The minimum atomic E-state index is -0.0866. The van der Waals surface area contributed by atoms with Gasteiger partial charge in [0.15, 0.2) is 0 Å². The molecule has 0 aliphatic heterocycles. The van der Waals surface area contributed by atoms with Gasteiger partial charge in [0.2, 0.25) is 0 Å². The molecule has 0 aliphatic carbocycles. The van der Waals surface area contributed by atoms with Gasteiger partial charge >= 0.3 is 0 Å². The van der Waals surface area contributed by atoms with Gasteiger partial charge in [0.25, 0.3) is 0 Å². The summed E-state index contributed by atoms with van der Waals surface area (Å²) < 4.78 is 0. The molecule has 0 bridgehead atoms. The van der Waals surface area contributed by atoms with Crippen molar-refractivity contribution in [1.82, 2.24) is 0 Å². The normalized spacial score (nSPS) is 12.7. The first-order chi connectivity index (χ1) is 7.36. The summed E-state index contributed by atoms with van der Waals surface area (Å²) in [4.78, 5) is 0. The minimum absolute atomic E-state index is 0.0866. The molecule has 1 N–H and O–H groups in total. The van der Waals surface area contributed by atoms with Crippen molar-refractivity contribution in [1.29, 1.82) is 10.7 Å². The lowest BCUT2D eigenvalue weighted by Crippen LogP contribution is -2.02. The van der Waals surface area contributed by atoms with E-state index in [0.717, 1.165) is 16.7 Å². The largest absolute Gasteiger partial charge is 0.289 e. The average molecular weight is 237 g/mol. The number of nitrogens with one attached hydrogen (secondary N) is 1. The van der Waals surface area contributed by atoms with Crippen LogP contribution < -0.4 is 0 Å². The number of hydrogen-bond acceptors (Lipinski definition) is 2. The van der Waals surface area contributed by atoms with Crippen LogP contribution in [0.25, 0.3) is 0 Å². The molecule has 0 amide bonds. The Morgan fingerprint density at radius 3 is 2.00 bits per heavy atom. The third-order valence-corrected chi connectivity index (χ3v) is 2.67. The molecule has 0 fully saturated rings. The first-order valence-corrected chi connectivity index (χ1v) is 5.41. The third-order valence-electron chi connectivity index (χ3n) is 2.48. The number of halogens is 1. The lowest BCUT2D eigenvalue weighted by molar-refractivity contribution is 1.25. The van der Waals surface area contributed by atoms with E-state index in [1.807, 2.05) is 40.7 Å². The molecule has 2 nitrogen and oxygen atoms in total. The maximum absolute atomic E-state index is 9.10. The summed E-state index contributed by atoms with van der Waals surface area (Å²) in [7, 11) is 0. The molecule has 0 rings (SSSR count). The van der Waals surface area contributed by atoms with Gasteiger partial charge in [-0.15, -0.1) is 0 Å². The van der Waals surface area contributed by atoms with Crippen LogP contribution in [0.5, 0.6) is 0 Å². The fraction of sp³-hybridized carbons (Fsp3) is 0.385. The number of rotatable bonds is 3. The Morgan fingerprint density at radius 2 is 1.75 bits per heavy atom. The van der Waals surface area contributed by atoms with E-state index in [4.69, 9.17) is 22.3 Å². The quantitative estimate of drug-likeness (QED) is 0.442. The number of hydrogen-bond donors (Lipinski definition) is 1. The molecule has 0 spiro atoms. The fourth-order valence-corrected chi connectivity index (χ4v) is 1.53. The van der Waals surface area contributed by atoms with Gasteiger partial charge in [-0.1, -0.05) is 28.8 Å². The van der Waals surface area contributed by atoms with Crippen molar-refractivity contribution in [3.05, 3.63) is 33.9 Å². The number of nitriles is 1. The molecule has 0 atom stereocenters. The van der Waals surface area contributed by atoms with Crippen molar-refractivity contribution in [3.8, 4) is 6.07 Å². The van der Waals surface area contributed by atoms with Gasteiger partial charge in [0.1, 0.15) is 5.17 Å². The zero-order valence-corrected chi connectivity index (χ0v) is 11.2. The average Bonchev–Trinajstić information content (AvgIpc) is 2.22. The molecule has 0 aliphatic rings. The smallest absolute Gasteiger partial charge is 0.129 e. The van der Waals surface area contributed by atoms with Gasteiger partial charge in [-0.25, -0.2) is 0 Å². The maximum atomic E-state index is 9.10. The summed E-state index contributed by atoms with van der Waals surface area (Å²) in [6.45, 7) is 9.42. The predicted octanol–water partition coefficient (Wildman–Crippen LogP) is 4.35. The van der Waals surface area contributed by atoms with Gasteiger partial charge in [-0.3, -0.25) is 5.41 Å². The molecule has 16 heavy (non-hydrogen) atoms. The highest BCUT2D eigenvalue weighted by Crippen LogP contribution is 2.24. The van der Waals surface area contributed by atoms with E-state index in [1.54, 1.807) is 0 Å². The Bertz CT molecular complexity index is 427. The molecule has 0 saturated heterocycles. The molecule has 0 aromatic heterocycles. The van der Waals surface area contributed by atoms with E-state index in [1.165, 1.54) is 0 Å². The second-order valence-corrected chi connectivity index (χ2v) is 4.15. The highest BCUT2D eigenvalue weighted by molar-refractivity contribution is 6.69. The van der Waals surface area contributed by atoms with Crippen LogP contribution in [0.3, 0.4) is 0 Å². The van der Waals surface area contributed by atoms with Crippen molar-refractivity contribution >= 4 is 16.8 Å². The highest BCUT2D eigenvalue weighted by Gasteiger charge is 2.14. The summed E-state index contributed by atoms with van der Waals surface area (Å²) in [6.07, 6.45) is 1.94. The van der Waals surface area contributed by atoms with E-state index in [0.29, 0.717) is 11.1 Å². The van der Waals surface area contributed by atoms with Crippen molar-refractivity contribution < 1.29 is 0 Å². The van der Waals surface area contributed by atoms with Gasteiger partial charge in [-0.05, 0) is 40.2 Å². The van der Waals surface area contributed by atoms with E-state index < -0.39 is 0 Å². The molecule has 3 heteroatoms. The second kappa shape index (κ2) is 6.30. The van der Waals surface area contributed by atoms with Crippen molar-refractivity contribution in [2.45, 2.75) is 34.6 Å². The van der Waals surface area contributed by atoms with Crippen LogP contribution in [-0.2, 0) is 0 Å². The molecule has 0 radical (unpaired) electrons. The molecule has 0 saturated carbocycles. The van der Waals surface area contributed by atoms with Gasteiger partial charge < -0.3 is 0 Å². The van der Waals surface area contributed by atoms with E-state index >= 15 is 0 Å². The molecular weight excluding hydrogens is 220 g/mol. The van der Waals surface area contributed by atoms with Crippen molar-refractivity contribution in [2.24, 2.45) is 0 Å². The SMILES string of the molecule is C/C=C(C)\C(C)=C(/C(=N)Cl)C(C#N)=C(C)C. The van der Waals surface area contributed by atoms with E-state index in [-0.39, 0.29) is 5.17 Å². The van der Waals surface area contributed by atoms with E-state index in [2.05, 4.69) is 6.07 Å². The Balaban J connectivity index is 6.00. The molecular formula is C13H17ClN2. The predicted molar refractivity (Wildman–Crippen MR) is 69.7 cm³/mol. The third kappa shape index (κ3) is 3.36. The topological polar surface area (TPSA) is 47.6 Å². The summed E-state index contributed by atoms with van der Waals surface area (Å²) >= 11 is 5.77. The van der Waals surface area contributed by atoms with Crippen LogP contribution in [-0.4, -0.2) is 5.17 Å². The Hall–Kier alpha value is -1.33. The van der Waals surface area contributed by atoms with E-state index in [9.17, 15) is 0 Å². The first-order valence-electron chi connectivity index (χ1n) is 5.03. The monoisotopic (exact) mass is 236 g/mol. The highest BCUT2D eigenvalue weighted by atomic mass is 35.5. The number of nitrogens with zero attached hydrogens (tertiary/aromatic N) is 1. The van der Waals surface area contributed by atoms with Crippen LogP contribution in [0.15, 0.2) is 33.9 Å². The lowest BCUT2D eigenvalue weighted by atomic mass is 9.95. The zero-order chi connectivity index (χ0) is 12.9. The number of allylic oxidation sites excluding steroid dienone is 6. The van der Waals surface area contributed by atoms with Crippen LogP contribution in [0, 0.1) is 16.7 Å². The molecule has 0 aromatic carbocycles. The Labute approximate surface area is 102 Å². The minimum Gasteiger partial charge on any atom is -0.289 e. The summed E-state index contributed by atoms with van der Waals surface area (Å²) in [5.41, 5.74) is 3.78. The van der Waals surface area contributed by atoms with Crippen LogP contribution in [0.1, 0.15) is 34.6 Å². The Kier molecular flexibility index (Phi) is 5.77. The van der Waals surface area contributed by atoms with Crippen LogP contribution >= 0.6 is 11.6 Å². The molecule has 86 valence electrons. The summed E-state index contributed by atoms with van der Waals surface area (Å²) in [5, 5.41) is 16.6. The molecule has 0 aromatic rings. The zero-order valence-electron chi connectivity index (χ0n) is 10.4. The molecule has 0 heterocycles. The summed E-state index contributed by atoms with van der Waals surface area (Å²) in [6, 6.07) is 2.11. The van der Waals surface area contributed by atoms with Gasteiger partial charge in [0, 0.05) is 5.57 Å². The van der Waals surface area contributed by atoms with Crippen LogP contribution in [0.2, 0.25) is 0 Å². The fourth-order valence-electron chi connectivity index (χ4n) is 1.29. The summed E-state index contributed by atoms with van der Waals surface area (Å²) in [5.74, 6) is 0. The second-order valence-electron chi connectivity index (χ2n) is 3.77.